The Morgan fingerprint density at radius 2 is 2.11 bits per heavy atom. The van der Waals surface area contributed by atoms with E-state index in [2.05, 4.69) is 5.92 Å². The summed E-state index contributed by atoms with van der Waals surface area (Å²) in [4.78, 5) is 11.7. The summed E-state index contributed by atoms with van der Waals surface area (Å²) >= 11 is 0. The Morgan fingerprint density at radius 3 is 2.81 bits per heavy atom. The van der Waals surface area contributed by atoms with Gasteiger partial charge in [-0.3, -0.25) is 0 Å². The molecule has 0 saturated carbocycles. The van der Waals surface area contributed by atoms with Gasteiger partial charge < -0.3 is 24.4 Å². The van der Waals surface area contributed by atoms with E-state index in [4.69, 9.17) is 20.6 Å². The first-order chi connectivity index (χ1) is 13.0. The van der Waals surface area contributed by atoms with Crippen LogP contribution in [0.25, 0.3) is 0 Å². The maximum absolute atomic E-state index is 11.7. The van der Waals surface area contributed by atoms with E-state index in [-0.39, 0.29) is 19.1 Å². The normalized spacial score (nSPS) is 26.4. The molecular weight excluding hydrogens is 348 g/mol. The Hall–Kier alpha value is -2.17. The third-order valence-electron chi connectivity index (χ3n) is 4.18. The summed E-state index contributed by atoms with van der Waals surface area (Å²) in [6.07, 6.45) is 6.04. The van der Waals surface area contributed by atoms with Gasteiger partial charge in [0.05, 0.1) is 12.2 Å². The van der Waals surface area contributed by atoms with Crippen molar-refractivity contribution in [1.29, 1.82) is 0 Å². The zero-order chi connectivity index (χ0) is 19.6. The SMILES string of the molecule is C#C[C@@H]1OC(O[C@H](C)CC/C=C/C(=O)OCc2ccccc2)[C@H](O)C[C@H]1O. The van der Waals surface area contributed by atoms with Crippen molar-refractivity contribution in [2.75, 3.05) is 0 Å². The number of allylic oxidation sites excluding steroid dienone is 1. The molecule has 0 aliphatic carbocycles. The highest BCUT2D eigenvalue weighted by Gasteiger charge is 2.36. The second-order valence-electron chi connectivity index (χ2n) is 6.48. The summed E-state index contributed by atoms with van der Waals surface area (Å²) in [5, 5.41) is 19.6. The Balaban J connectivity index is 1.66. The summed E-state index contributed by atoms with van der Waals surface area (Å²) in [5.74, 6) is 1.94. The second-order valence-corrected chi connectivity index (χ2v) is 6.48. The van der Waals surface area contributed by atoms with Gasteiger partial charge in [-0.1, -0.05) is 42.3 Å². The summed E-state index contributed by atoms with van der Waals surface area (Å²) in [5.41, 5.74) is 0.933. The van der Waals surface area contributed by atoms with Crippen LogP contribution in [0.5, 0.6) is 0 Å². The fourth-order valence-electron chi connectivity index (χ4n) is 2.67. The molecule has 5 atom stereocenters. The lowest BCUT2D eigenvalue weighted by atomic mass is 10.0. The van der Waals surface area contributed by atoms with Crippen molar-refractivity contribution in [3.63, 3.8) is 0 Å². The zero-order valence-corrected chi connectivity index (χ0v) is 15.4. The minimum atomic E-state index is -0.935. The quantitative estimate of drug-likeness (QED) is 0.411. The lowest BCUT2D eigenvalue weighted by Crippen LogP contribution is -2.48. The van der Waals surface area contributed by atoms with Gasteiger partial charge in [-0.15, -0.1) is 6.42 Å². The van der Waals surface area contributed by atoms with Crippen LogP contribution in [0.2, 0.25) is 0 Å². The molecule has 1 aliphatic heterocycles. The number of benzene rings is 1. The Bertz CT molecular complexity index is 650. The van der Waals surface area contributed by atoms with Crippen LogP contribution in [0.3, 0.4) is 0 Å². The Morgan fingerprint density at radius 1 is 1.37 bits per heavy atom. The lowest BCUT2D eigenvalue weighted by molar-refractivity contribution is -0.265. The molecule has 1 aliphatic rings. The van der Waals surface area contributed by atoms with E-state index in [1.54, 1.807) is 6.08 Å². The Labute approximate surface area is 159 Å². The first-order valence-corrected chi connectivity index (χ1v) is 9.00. The molecule has 1 heterocycles. The molecule has 27 heavy (non-hydrogen) atoms. The van der Waals surface area contributed by atoms with Gasteiger partial charge in [0.1, 0.15) is 18.8 Å². The van der Waals surface area contributed by atoms with Crippen LogP contribution in [-0.4, -0.2) is 46.9 Å². The van der Waals surface area contributed by atoms with E-state index in [1.165, 1.54) is 6.08 Å². The molecule has 1 aromatic rings. The highest BCUT2D eigenvalue weighted by atomic mass is 16.7. The number of rotatable bonds is 8. The monoisotopic (exact) mass is 374 g/mol. The maximum Gasteiger partial charge on any atom is 0.330 e. The summed E-state index contributed by atoms with van der Waals surface area (Å²) in [7, 11) is 0. The van der Waals surface area contributed by atoms with Crippen LogP contribution in [0, 0.1) is 12.3 Å². The van der Waals surface area contributed by atoms with Crippen molar-refractivity contribution in [2.45, 2.75) is 63.5 Å². The molecule has 1 fully saturated rings. The van der Waals surface area contributed by atoms with Crippen molar-refractivity contribution in [2.24, 2.45) is 0 Å². The minimum Gasteiger partial charge on any atom is -0.458 e. The Kier molecular flexibility index (Phi) is 8.49. The predicted octanol–water partition coefficient (Wildman–Crippen LogP) is 1.94. The number of aliphatic hydroxyl groups excluding tert-OH is 2. The molecule has 1 unspecified atom stereocenters. The number of carbonyl (C=O) groups is 1. The molecule has 6 nitrogen and oxygen atoms in total. The van der Waals surface area contributed by atoms with Crippen molar-refractivity contribution < 1.29 is 29.2 Å². The van der Waals surface area contributed by atoms with E-state index in [0.717, 1.165) is 5.56 Å². The van der Waals surface area contributed by atoms with Gasteiger partial charge in [0.25, 0.3) is 0 Å². The van der Waals surface area contributed by atoms with Crippen LogP contribution < -0.4 is 0 Å². The molecule has 2 N–H and O–H groups in total. The largest absolute Gasteiger partial charge is 0.458 e. The minimum absolute atomic E-state index is 0.111. The second kappa shape index (κ2) is 10.9. The molecule has 6 heteroatoms. The van der Waals surface area contributed by atoms with Crippen LogP contribution in [0.15, 0.2) is 42.5 Å². The first kappa shape index (κ1) is 21.1. The maximum atomic E-state index is 11.7. The highest BCUT2D eigenvalue weighted by Crippen LogP contribution is 2.22. The van der Waals surface area contributed by atoms with E-state index in [0.29, 0.717) is 12.8 Å². The molecule has 1 aromatic carbocycles. The van der Waals surface area contributed by atoms with Crippen molar-refractivity contribution in [3.8, 4) is 12.3 Å². The molecule has 0 bridgehead atoms. The van der Waals surface area contributed by atoms with Gasteiger partial charge >= 0.3 is 5.97 Å². The summed E-state index contributed by atoms with van der Waals surface area (Å²) in [6, 6.07) is 9.46. The average molecular weight is 374 g/mol. The topological polar surface area (TPSA) is 85.2 Å². The van der Waals surface area contributed by atoms with Crippen LogP contribution >= 0.6 is 0 Å². The third kappa shape index (κ3) is 7.16. The number of terminal acetylenes is 1. The molecular formula is C21H26O6. The fourth-order valence-corrected chi connectivity index (χ4v) is 2.67. The molecule has 0 aromatic heterocycles. The summed E-state index contributed by atoms with van der Waals surface area (Å²) < 4.78 is 16.2. The van der Waals surface area contributed by atoms with Gasteiger partial charge in [-0.05, 0) is 25.3 Å². The van der Waals surface area contributed by atoms with Crippen molar-refractivity contribution in [1.82, 2.24) is 0 Å². The van der Waals surface area contributed by atoms with Gasteiger partial charge in [0.15, 0.2) is 6.29 Å². The van der Waals surface area contributed by atoms with Crippen molar-refractivity contribution in [3.05, 3.63) is 48.0 Å². The predicted molar refractivity (Wildman–Crippen MR) is 99.3 cm³/mol. The molecule has 0 spiro atoms. The molecule has 2 rings (SSSR count). The number of carbonyl (C=O) groups excluding carboxylic acids is 1. The molecule has 0 radical (unpaired) electrons. The molecule has 146 valence electrons. The molecule has 1 saturated heterocycles. The lowest BCUT2D eigenvalue weighted by Gasteiger charge is -2.36. The van der Waals surface area contributed by atoms with Gasteiger partial charge in [-0.2, -0.15) is 0 Å². The van der Waals surface area contributed by atoms with Gasteiger partial charge in [0.2, 0.25) is 0 Å². The van der Waals surface area contributed by atoms with Crippen LogP contribution in [0.1, 0.15) is 31.7 Å². The number of ether oxygens (including phenoxy) is 3. The first-order valence-electron chi connectivity index (χ1n) is 9.00. The number of esters is 1. The highest BCUT2D eigenvalue weighted by molar-refractivity contribution is 5.81. The smallest absolute Gasteiger partial charge is 0.330 e. The molecule has 0 amide bonds. The van der Waals surface area contributed by atoms with Crippen LogP contribution in [0.4, 0.5) is 0 Å². The van der Waals surface area contributed by atoms with E-state index < -0.39 is 30.6 Å². The van der Waals surface area contributed by atoms with Crippen molar-refractivity contribution >= 4 is 5.97 Å². The fraction of sp³-hybridized carbons (Fsp3) is 0.476. The van der Waals surface area contributed by atoms with E-state index in [9.17, 15) is 15.0 Å². The van der Waals surface area contributed by atoms with E-state index in [1.807, 2.05) is 37.3 Å². The summed E-state index contributed by atoms with van der Waals surface area (Å²) in [6.45, 7) is 2.08. The van der Waals surface area contributed by atoms with Crippen LogP contribution in [-0.2, 0) is 25.6 Å². The standard InChI is InChI=1S/C21H26O6/c1-3-19-17(22)13-18(23)21(27-19)26-15(2)9-7-8-12-20(24)25-14-16-10-5-4-6-11-16/h1,4-6,8,10-12,15,17-19,21-23H,7,9,13-14H2,2H3/b12-8+/t15-,17-,18-,19+,21?/m1/s1. The van der Waals surface area contributed by atoms with Gasteiger partial charge in [-0.25, -0.2) is 4.79 Å². The number of hydrogen-bond donors (Lipinski definition) is 2. The number of hydrogen-bond acceptors (Lipinski definition) is 6. The zero-order valence-electron chi connectivity index (χ0n) is 15.4. The third-order valence-corrected chi connectivity index (χ3v) is 4.18. The van der Waals surface area contributed by atoms with E-state index >= 15 is 0 Å². The van der Waals surface area contributed by atoms with Gasteiger partial charge in [0, 0.05) is 12.5 Å². The average Bonchev–Trinajstić information content (AvgIpc) is 2.66. The number of aliphatic hydroxyl groups is 2.